The van der Waals surface area contributed by atoms with Gasteiger partial charge in [-0.1, -0.05) is 57.0 Å². The lowest BCUT2D eigenvalue weighted by Gasteiger charge is -2.10. The smallest absolute Gasteiger partial charge is 0.0375 e. The molecule has 1 rings (SSSR count). The molecule has 94 valence electrons. The molecule has 0 amide bonds. The zero-order chi connectivity index (χ0) is 13.4. The van der Waals surface area contributed by atoms with Crippen LogP contribution in [0.1, 0.15) is 18.1 Å². The van der Waals surface area contributed by atoms with E-state index < -0.39 is 0 Å². The number of aryl methyl sites for hydroxylation is 1. The van der Waals surface area contributed by atoms with E-state index in [-0.39, 0.29) is 0 Å². The Bertz CT molecular complexity index is 466. The van der Waals surface area contributed by atoms with Gasteiger partial charge in [-0.2, -0.15) is 0 Å². The maximum absolute atomic E-state index is 4.04. The van der Waals surface area contributed by atoms with Gasteiger partial charge >= 0.3 is 0 Å². The summed E-state index contributed by atoms with van der Waals surface area (Å²) in [5, 5.41) is 3.23. The van der Waals surface area contributed by atoms with Crippen molar-refractivity contribution in [1.82, 2.24) is 5.32 Å². The molecule has 0 unspecified atom stereocenters. The standard InChI is InChI=1S/C17H21N/c1-5-9-17(7-3)18-14(4)12-16-11-8-10-15(6-2)13-16/h5,7-11,13,18H,1,3-4,6,12H2,2H3/b17-9+. The summed E-state index contributed by atoms with van der Waals surface area (Å²) in [6.45, 7) is 13.6. The molecule has 0 spiro atoms. The van der Waals surface area contributed by atoms with Crippen LogP contribution in [0.25, 0.3) is 0 Å². The molecule has 0 saturated heterocycles. The Morgan fingerprint density at radius 2 is 2.00 bits per heavy atom. The third-order valence-electron chi connectivity index (χ3n) is 2.66. The first kappa shape index (κ1) is 14.0. The first-order valence-electron chi connectivity index (χ1n) is 6.17. The highest BCUT2D eigenvalue weighted by Gasteiger charge is 1.99. The van der Waals surface area contributed by atoms with E-state index in [1.807, 2.05) is 6.08 Å². The largest absolute Gasteiger partial charge is 0.359 e. The predicted molar refractivity (Wildman–Crippen MR) is 80.3 cm³/mol. The summed E-state index contributed by atoms with van der Waals surface area (Å²) in [4.78, 5) is 0. The molecule has 1 nitrogen and oxygen atoms in total. The molecule has 0 fully saturated rings. The summed E-state index contributed by atoms with van der Waals surface area (Å²) < 4.78 is 0. The molecule has 0 radical (unpaired) electrons. The predicted octanol–water partition coefficient (Wildman–Crippen LogP) is 4.15. The second-order valence-corrected chi connectivity index (χ2v) is 4.14. The van der Waals surface area contributed by atoms with Gasteiger partial charge in [0, 0.05) is 17.8 Å². The third kappa shape index (κ3) is 4.46. The van der Waals surface area contributed by atoms with E-state index in [4.69, 9.17) is 0 Å². The van der Waals surface area contributed by atoms with Gasteiger partial charge in [0.15, 0.2) is 0 Å². The Morgan fingerprint density at radius 3 is 2.61 bits per heavy atom. The summed E-state index contributed by atoms with van der Waals surface area (Å²) >= 11 is 0. The van der Waals surface area contributed by atoms with Crippen molar-refractivity contribution < 1.29 is 0 Å². The van der Waals surface area contributed by atoms with Gasteiger partial charge in [-0.3, -0.25) is 0 Å². The highest BCUT2D eigenvalue weighted by molar-refractivity contribution is 5.29. The minimum Gasteiger partial charge on any atom is -0.359 e. The number of nitrogens with one attached hydrogen (secondary N) is 1. The zero-order valence-electron chi connectivity index (χ0n) is 11.1. The Morgan fingerprint density at radius 1 is 1.28 bits per heavy atom. The average Bonchev–Trinajstić information content (AvgIpc) is 2.38. The molecule has 0 saturated carbocycles. The van der Waals surface area contributed by atoms with Crippen LogP contribution in [-0.4, -0.2) is 0 Å². The number of rotatable bonds is 7. The SMILES string of the molecule is C=C/C=C(\C=C)NC(=C)Cc1cccc(CC)c1. The van der Waals surface area contributed by atoms with Crippen molar-refractivity contribution in [1.29, 1.82) is 0 Å². The lowest BCUT2D eigenvalue weighted by atomic mass is 10.1. The quantitative estimate of drug-likeness (QED) is 0.705. The molecule has 1 N–H and O–H groups in total. The first-order chi connectivity index (χ1) is 8.69. The fourth-order valence-electron chi connectivity index (χ4n) is 1.74. The molecule has 0 aliphatic carbocycles. The minimum absolute atomic E-state index is 0.816. The summed E-state index contributed by atoms with van der Waals surface area (Å²) in [6, 6.07) is 8.58. The molecular weight excluding hydrogens is 218 g/mol. The van der Waals surface area contributed by atoms with Crippen molar-refractivity contribution >= 4 is 0 Å². The molecular formula is C17H21N. The van der Waals surface area contributed by atoms with Crippen molar-refractivity contribution in [3.05, 3.63) is 84.8 Å². The summed E-state index contributed by atoms with van der Waals surface area (Å²) in [5.74, 6) is 0. The van der Waals surface area contributed by atoms with E-state index in [1.165, 1.54) is 11.1 Å². The van der Waals surface area contributed by atoms with Crippen LogP contribution in [0.15, 0.2) is 73.6 Å². The van der Waals surface area contributed by atoms with E-state index in [0.29, 0.717) is 0 Å². The molecule has 1 aromatic carbocycles. The summed E-state index contributed by atoms with van der Waals surface area (Å²) in [7, 11) is 0. The number of hydrogen-bond acceptors (Lipinski definition) is 1. The van der Waals surface area contributed by atoms with Gasteiger partial charge in [0.2, 0.25) is 0 Å². The van der Waals surface area contributed by atoms with Gasteiger partial charge in [0.25, 0.3) is 0 Å². The second kappa shape index (κ2) is 7.33. The second-order valence-electron chi connectivity index (χ2n) is 4.14. The maximum atomic E-state index is 4.04. The van der Waals surface area contributed by atoms with Crippen LogP contribution in [0.3, 0.4) is 0 Å². The zero-order valence-corrected chi connectivity index (χ0v) is 11.1. The minimum atomic E-state index is 0.816. The fourth-order valence-corrected chi connectivity index (χ4v) is 1.74. The average molecular weight is 239 g/mol. The van der Waals surface area contributed by atoms with Crippen LogP contribution in [0.2, 0.25) is 0 Å². The summed E-state index contributed by atoms with van der Waals surface area (Å²) in [6.07, 6.45) is 7.24. The Kier molecular flexibility index (Phi) is 5.72. The van der Waals surface area contributed by atoms with Crippen molar-refractivity contribution in [2.75, 3.05) is 0 Å². The number of hydrogen-bond donors (Lipinski definition) is 1. The van der Waals surface area contributed by atoms with E-state index in [2.05, 4.69) is 56.2 Å². The molecule has 18 heavy (non-hydrogen) atoms. The van der Waals surface area contributed by atoms with Gasteiger partial charge in [0.1, 0.15) is 0 Å². The van der Waals surface area contributed by atoms with Crippen LogP contribution in [0, 0.1) is 0 Å². The highest BCUT2D eigenvalue weighted by Crippen LogP contribution is 2.10. The lowest BCUT2D eigenvalue weighted by molar-refractivity contribution is 0.938. The molecule has 0 bridgehead atoms. The van der Waals surface area contributed by atoms with Gasteiger partial charge in [-0.15, -0.1) is 0 Å². The van der Waals surface area contributed by atoms with Gasteiger partial charge in [-0.05, 0) is 29.7 Å². The molecule has 0 aliphatic rings. The van der Waals surface area contributed by atoms with E-state index >= 15 is 0 Å². The van der Waals surface area contributed by atoms with Crippen LogP contribution in [0.5, 0.6) is 0 Å². The first-order valence-corrected chi connectivity index (χ1v) is 6.17. The number of allylic oxidation sites excluding steroid dienone is 4. The van der Waals surface area contributed by atoms with Crippen LogP contribution in [-0.2, 0) is 12.8 Å². The molecule has 0 aliphatic heterocycles. The number of benzene rings is 1. The fraction of sp³-hybridized carbons (Fsp3) is 0.176. The highest BCUT2D eigenvalue weighted by atomic mass is 14.9. The molecule has 1 aromatic rings. The van der Waals surface area contributed by atoms with Gasteiger partial charge in [-0.25, -0.2) is 0 Å². The van der Waals surface area contributed by atoms with E-state index in [9.17, 15) is 0 Å². The van der Waals surface area contributed by atoms with Crippen molar-refractivity contribution in [2.24, 2.45) is 0 Å². The third-order valence-corrected chi connectivity index (χ3v) is 2.66. The monoisotopic (exact) mass is 239 g/mol. The van der Waals surface area contributed by atoms with Gasteiger partial charge < -0.3 is 5.32 Å². The van der Waals surface area contributed by atoms with Crippen molar-refractivity contribution in [3.8, 4) is 0 Å². The van der Waals surface area contributed by atoms with E-state index in [1.54, 1.807) is 12.2 Å². The van der Waals surface area contributed by atoms with Crippen LogP contribution in [0.4, 0.5) is 0 Å². The molecule has 0 atom stereocenters. The Hall–Kier alpha value is -2.02. The van der Waals surface area contributed by atoms with Crippen molar-refractivity contribution in [2.45, 2.75) is 19.8 Å². The lowest BCUT2D eigenvalue weighted by Crippen LogP contribution is -2.12. The molecule has 0 aromatic heterocycles. The Labute approximate surface area is 110 Å². The molecule has 1 heteroatoms. The van der Waals surface area contributed by atoms with Crippen LogP contribution >= 0.6 is 0 Å². The van der Waals surface area contributed by atoms with Crippen LogP contribution < -0.4 is 5.32 Å². The topological polar surface area (TPSA) is 12.0 Å². The van der Waals surface area contributed by atoms with Crippen molar-refractivity contribution in [3.63, 3.8) is 0 Å². The van der Waals surface area contributed by atoms with E-state index in [0.717, 1.165) is 24.2 Å². The normalized spacial score (nSPS) is 10.8. The maximum Gasteiger partial charge on any atom is 0.0375 e. The Balaban J connectivity index is 2.66. The van der Waals surface area contributed by atoms with Gasteiger partial charge in [0.05, 0.1) is 0 Å². The molecule has 0 heterocycles. The summed E-state index contributed by atoms with van der Waals surface area (Å²) in [5.41, 5.74) is 4.50.